The third kappa shape index (κ3) is 3.75. The van der Waals surface area contributed by atoms with Crippen molar-refractivity contribution in [1.29, 1.82) is 0 Å². The van der Waals surface area contributed by atoms with Gasteiger partial charge in [-0.1, -0.05) is 23.4 Å². The van der Waals surface area contributed by atoms with Gasteiger partial charge in [0.1, 0.15) is 5.75 Å². The van der Waals surface area contributed by atoms with Crippen LogP contribution in [0.1, 0.15) is 0 Å². The van der Waals surface area contributed by atoms with Crippen LogP contribution in [0.25, 0.3) is 11.0 Å². The maximum absolute atomic E-state index is 12.1. The molecule has 0 unspecified atom stereocenters. The van der Waals surface area contributed by atoms with Gasteiger partial charge in [-0.25, -0.2) is 4.98 Å². The van der Waals surface area contributed by atoms with Crippen molar-refractivity contribution in [3.05, 3.63) is 41.7 Å². The van der Waals surface area contributed by atoms with Crippen molar-refractivity contribution in [1.82, 2.24) is 15.0 Å². The number of methoxy groups -OCH3 is 1. The highest BCUT2D eigenvalue weighted by Crippen LogP contribution is 2.28. The average Bonchev–Trinajstić information content (AvgIpc) is 2.96. The molecule has 0 bridgehead atoms. The molecule has 2 aromatic heterocycles. The Morgan fingerprint density at radius 2 is 2.30 bits per heavy atom. The number of rotatable bonds is 5. The fourth-order valence-corrected chi connectivity index (χ4v) is 2.86. The summed E-state index contributed by atoms with van der Waals surface area (Å²) < 4.78 is 5.20. The lowest BCUT2D eigenvalue weighted by Gasteiger charge is -2.10. The number of amides is 1. The molecule has 2 N–H and O–H groups in total. The standard InChI is InChI=1S/C15H13ClN4O2S/c1-22-13-3-2-9(16)6-11(13)18-14(21)8-23-15-19-10-4-5-17-7-12(10)20-15/h2-7H,8H2,1H3,(H,18,21)(H,19,20). The second-order valence-corrected chi connectivity index (χ2v) is 6.02. The second-order valence-electron chi connectivity index (χ2n) is 4.62. The van der Waals surface area contributed by atoms with E-state index in [-0.39, 0.29) is 11.7 Å². The number of nitrogens with one attached hydrogen (secondary N) is 2. The van der Waals surface area contributed by atoms with Gasteiger partial charge < -0.3 is 15.0 Å². The highest BCUT2D eigenvalue weighted by molar-refractivity contribution is 7.99. The van der Waals surface area contributed by atoms with E-state index in [0.29, 0.717) is 21.6 Å². The number of imidazole rings is 1. The van der Waals surface area contributed by atoms with E-state index in [4.69, 9.17) is 16.3 Å². The van der Waals surface area contributed by atoms with Gasteiger partial charge in [-0.2, -0.15) is 0 Å². The summed E-state index contributed by atoms with van der Waals surface area (Å²) >= 11 is 7.25. The Kier molecular flexibility index (Phi) is 4.68. The molecule has 8 heteroatoms. The first-order valence-electron chi connectivity index (χ1n) is 6.71. The lowest BCUT2D eigenvalue weighted by molar-refractivity contribution is -0.113. The predicted molar refractivity (Wildman–Crippen MR) is 91.2 cm³/mol. The van der Waals surface area contributed by atoms with Crippen LogP contribution in [0, 0.1) is 0 Å². The molecule has 0 saturated carbocycles. The molecule has 3 aromatic rings. The minimum absolute atomic E-state index is 0.172. The third-order valence-corrected chi connectivity index (χ3v) is 4.15. The fourth-order valence-electron chi connectivity index (χ4n) is 2.00. The van der Waals surface area contributed by atoms with Crippen LogP contribution in [0.2, 0.25) is 5.02 Å². The first kappa shape index (κ1) is 15.6. The number of anilines is 1. The second kappa shape index (κ2) is 6.89. The van der Waals surface area contributed by atoms with Gasteiger partial charge in [0.15, 0.2) is 5.16 Å². The van der Waals surface area contributed by atoms with Crippen molar-refractivity contribution in [2.45, 2.75) is 5.16 Å². The molecule has 2 heterocycles. The van der Waals surface area contributed by atoms with Gasteiger partial charge >= 0.3 is 0 Å². The molecule has 1 aromatic carbocycles. The van der Waals surface area contributed by atoms with E-state index in [1.54, 1.807) is 30.6 Å². The van der Waals surface area contributed by atoms with E-state index < -0.39 is 0 Å². The molecule has 6 nitrogen and oxygen atoms in total. The minimum Gasteiger partial charge on any atom is -0.495 e. The van der Waals surface area contributed by atoms with Crippen LogP contribution in [0.4, 0.5) is 5.69 Å². The largest absolute Gasteiger partial charge is 0.495 e. The van der Waals surface area contributed by atoms with Crippen LogP contribution in [0.3, 0.4) is 0 Å². The molecule has 0 fully saturated rings. The summed E-state index contributed by atoms with van der Waals surface area (Å²) in [6.45, 7) is 0. The number of hydrogen-bond acceptors (Lipinski definition) is 5. The number of carbonyl (C=O) groups is 1. The van der Waals surface area contributed by atoms with Gasteiger partial charge in [0, 0.05) is 11.2 Å². The van der Waals surface area contributed by atoms with Crippen LogP contribution in [-0.2, 0) is 4.79 Å². The number of aromatic amines is 1. The molecular formula is C15H13ClN4O2S. The summed E-state index contributed by atoms with van der Waals surface area (Å²) in [7, 11) is 1.54. The fraction of sp³-hybridized carbons (Fsp3) is 0.133. The summed E-state index contributed by atoms with van der Waals surface area (Å²) in [6, 6.07) is 6.87. The van der Waals surface area contributed by atoms with Gasteiger partial charge in [-0.3, -0.25) is 9.78 Å². The van der Waals surface area contributed by atoms with Crippen LogP contribution in [0.5, 0.6) is 5.75 Å². The smallest absolute Gasteiger partial charge is 0.234 e. The van der Waals surface area contributed by atoms with Crippen LogP contribution < -0.4 is 10.1 Å². The number of fused-ring (bicyclic) bond motifs is 1. The molecule has 0 aliphatic heterocycles. The van der Waals surface area contributed by atoms with Crippen molar-refractivity contribution < 1.29 is 9.53 Å². The van der Waals surface area contributed by atoms with E-state index in [2.05, 4.69) is 20.3 Å². The number of ether oxygens (including phenoxy) is 1. The molecular weight excluding hydrogens is 336 g/mol. The molecule has 0 atom stereocenters. The highest BCUT2D eigenvalue weighted by atomic mass is 35.5. The van der Waals surface area contributed by atoms with Crippen molar-refractivity contribution >= 4 is 46.0 Å². The third-order valence-electron chi connectivity index (χ3n) is 3.04. The van der Waals surface area contributed by atoms with Gasteiger partial charge in [0.25, 0.3) is 0 Å². The van der Waals surface area contributed by atoms with Gasteiger partial charge in [0.2, 0.25) is 5.91 Å². The van der Waals surface area contributed by atoms with Crippen molar-refractivity contribution in [2.75, 3.05) is 18.2 Å². The number of aromatic nitrogens is 3. The monoisotopic (exact) mass is 348 g/mol. The van der Waals surface area contributed by atoms with Crippen molar-refractivity contribution in [3.8, 4) is 5.75 Å². The Morgan fingerprint density at radius 1 is 1.43 bits per heavy atom. The molecule has 0 radical (unpaired) electrons. The Balaban J connectivity index is 1.64. The Morgan fingerprint density at radius 3 is 3.09 bits per heavy atom. The normalized spacial score (nSPS) is 10.7. The first-order valence-corrected chi connectivity index (χ1v) is 8.08. The van der Waals surface area contributed by atoms with Gasteiger partial charge in [-0.15, -0.1) is 0 Å². The average molecular weight is 349 g/mol. The molecule has 0 aliphatic rings. The number of hydrogen-bond donors (Lipinski definition) is 2. The summed E-state index contributed by atoms with van der Waals surface area (Å²) in [5, 5.41) is 3.98. The summed E-state index contributed by atoms with van der Waals surface area (Å²) in [6.07, 6.45) is 3.37. The van der Waals surface area contributed by atoms with Gasteiger partial charge in [0.05, 0.1) is 35.8 Å². The summed E-state index contributed by atoms with van der Waals surface area (Å²) in [4.78, 5) is 23.6. The molecule has 3 rings (SSSR count). The number of H-pyrrole nitrogens is 1. The SMILES string of the molecule is COc1ccc(Cl)cc1NC(=O)CSc1nc2ccncc2[nH]1. The van der Waals surface area contributed by atoms with Crippen molar-refractivity contribution in [2.24, 2.45) is 0 Å². The quantitative estimate of drug-likeness (QED) is 0.691. The molecule has 0 saturated heterocycles. The first-order chi connectivity index (χ1) is 11.2. The number of nitrogens with zero attached hydrogens (tertiary/aromatic N) is 2. The lowest BCUT2D eigenvalue weighted by atomic mass is 10.3. The van der Waals surface area contributed by atoms with E-state index in [0.717, 1.165) is 11.0 Å². The van der Waals surface area contributed by atoms with Crippen LogP contribution in [0.15, 0.2) is 41.8 Å². The maximum Gasteiger partial charge on any atom is 0.234 e. The molecule has 1 amide bonds. The molecule has 0 aliphatic carbocycles. The van der Waals surface area contributed by atoms with Gasteiger partial charge in [-0.05, 0) is 24.3 Å². The van der Waals surface area contributed by atoms with E-state index >= 15 is 0 Å². The number of pyridine rings is 1. The molecule has 23 heavy (non-hydrogen) atoms. The van der Waals surface area contributed by atoms with Crippen molar-refractivity contribution in [3.63, 3.8) is 0 Å². The molecule has 0 spiro atoms. The topological polar surface area (TPSA) is 79.9 Å². The van der Waals surface area contributed by atoms with E-state index in [1.165, 1.54) is 18.9 Å². The number of thioether (sulfide) groups is 1. The Hall–Kier alpha value is -2.25. The predicted octanol–water partition coefficient (Wildman–Crippen LogP) is 3.35. The Labute approximate surface area is 141 Å². The summed E-state index contributed by atoms with van der Waals surface area (Å²) in [5.41, 5.74) is 2.20. The van der Waals surface area contributed by atoms with E-state index in [9.17, 15) is 4.79 Å². The summed E-state index contributed by atoms with van der Waals surface area (Å²) in [5.74, 6) is 0.597. The maximum atomic E-state index is 12.1. The van der Waals surface area contributed by atoms with Crippen LogP contribution in [-0.4, -0.2) is 33.7 Å². The Bertz CT molecular complexity index is 819. The zero-order valence-corrected chi connectivity index (χ0v) is 13.7. The number of benzene rings is 1. The number of halogens is 1. The lowest BCUT2D eigenvalue weighted by Crippen LogP contribution is -2.14. The number of carbonyl (C=O) groups excluding carboxylic acids is 1. The zero-order chi connectivity index (χ0) is 16.2. The minimum atomic E-state index is -0.172. The highest BCUT2D eigenvalue weighted by Gasteiger charge is 2.10. The van der Waals surface area contributed by atoms with Crippen LogP contribution >= 0.6 is 23.4 Å². The molecule has 118 valence electrons. The zero-order valence-electron chi connectivity index (χ0n) is 12.2. The van der Waals surface area contributed by atoms with E-state index in [1.807, 2.05) is 6.07 Å².